The molecule has 2 aromatic rings. The first-order valence-corrected chi connectivity index (χ1v) is 6.54. The van der Waals surface area contributed by atoms with Gasteiger partial charge in [0.25, 0.3) is 0 Å². The van der Waals surface area contributed by atoms with Gasteiger partial charge in [0, 0.05) is 30.5 Å². The van der Waals surface area contributed by atoms with Gasteiger partial charge in [-0.05, 0) is 6.07 Å². The highest BCUT2D eigenvalue weighted by Gasteiger charge is 2.09. The molecule has 19 heavy (non-hydrogen) atoms. The summed E-state index contributed by atoms with van der Waals surface area (Å²) in [7, 11) is 0. The minimum atomic E-state index is -0.354. The third-order valence-electron chi connectivity index (χ3n) is 2.06. The van der Waals surface area contributed by atoms with Gasteiger partial charge in [-0.2, -0.15) is 0 Å². The molecule has 0 unspecified atom stereocenters. The third-order valence-corrected chi connectivity index (χ3v) is 3.04. The summed E-state index contributed by atoms with van der Waals surface area (Å²) < 4.78 is 9.08. The number of rotatable bonds is 6. The van der Waals surface area contributed by atoms with Gasteiger partial charge in [-0.1, -0.05) is 16.1 Å². The van der Waals surface area contributed by atoms with E-state index in [1.807, 2.05) is 0 Å². The summed E-state index contributed by atoms with van der Waals surface area (Å²) >= 11 is 6.84. The first-order chi connectivity index (χ1) is 9.25. The maximum atomic E-state index is 11.4. The van der Waals surface area contributed by atoms with Crippen LogP contribution in [0.4, 0.5) is 5.95 Å². The van der Waals surface area contributed by atoms with Crippen molar-refractivity contribution in [3.8, 4) is 0 Å². The Balaban J connectivity index is 1.66. The zero-order chi connectivity index (χ0) is 13.5. The zero-order valence-electron chi connectivity index (χ0n) is 9.74. The van der Waals surface area contributed by atoms with Crippen molar-refractivity contribution in [2.45, 2.75) is 13.0 Å². The number of anilines is 1. The number of halogens is 1. The number of carbonyl (C=O) groups is 1. The highest BCUT2D eigenvalue weighted by molar-refractivity contribution is 7.10. The van der Waals surface area contributed by atoms with Crippen LogP contribution in [-0.4, -0.2) is 32.1 Å². The van der Waals surface area contributed by atoms with Gasteiger partial charge in [0.2, 0.25) is 5.95 Å². The summed E-state index contributed by atoms with van der Waals surface area (Å²) in [5, 5.41) is 6.64. The minimum absolute atomic E-state index is 0.0377. The van der Waals surface area contributed by atoms with E-state index in [0.29, 0.717) is 22.5 Å². The Morgan fingerprint density at radius 2 is 2.21 bits per heavy atom. The number of ether oxygens (including phenoxy) is 1. The molecule has 0 spiro atoms. The molecule has 0 atom stereocenters. The molecule has 0 aliphatic carbocycles. The summed E-state index contributed by atoms with van der Waals surface area (Å²) in [6.45, 7) is 0.432. The van der Waals surface area contributed by atoms with Gasteiger partial charge < -0.3 is 10.1 Å². The van der Waals surface area contributed by atoms with E-state index in [1.165, 1.54) is 0 Å². The first-order valence-electron chi connectivity index (χ1n) is 5.39. The molecule has 2 aromatic heterocycles. The van der Waals surface area contributed by atoms with Gasteiger partial charge in [-0.15, -0.1) is 5.10 Å². The van der Waals surface area contributed by atoms with Crippen molar-refractivity contribution in [3.63, 3.8) is 0 Å². The van der Waals surface area contributed by atoms with Crippen molar-refractivity contribution >= 4 is 35.1 Å². The van der Waals surface area contributed by atoms with Crippen LogP contribution in [0, 0.1) is 0 Å². The van der Waals surface area contributed by atoms with Gasteiger partial charge in [-0.3, -0.25) is 4.79 Å². The molecule has 2 heterocycles. The molecule has 0 fully saturated rings. The predicted molar refractivity (Wildman–Crippen MR) is 69.9 cm³/mol. The van der Waals surface area contributed by atoms with Crippen LogP contribution in [0.2, 0.25) is 4.34 Å². The lowest BCUT2D eigenvalue weighted by Crippen LogP contribution is -2.12. The Morgan fingerprint density at radius 3 is 2.89 bits per heavy atom. The Labute approximate surface area is 118 Å². The molecule has 7 nitrogen and oxygen atoms in total. The fraction of sp³-hybridized carbons (Fsp3) is 0.300. The fourth-order valence-electron chi connectivity index (χ4n) is 1.17. The molecule has 100 valence electrons. The Morgan fingerprint density at radius 1 is 1.42 bits per heavy atom. The molecule has 0 aliphatic heterocycles. The van der Waals surface area contributed by atoms with Crippen molar-refractivity contribution < 1.29 is 9.53 Å². The van der Waals surface area contributed by atoms with Gasteiger partial charge >= 0.3 is 5.97 Å². The van der Waals surface area contributed by atoms with Crippen LogP contribution < -0.4 is 5.32 Å². The monoisotopic (exact) mass is 299 g/mol. The molecule has 0 amide bonds. The first kappa shape index (κ1) is 13.6. The van der Waals surface area contributed by atoms with Crippen molar-refractivity contribution in [3.05, 3.63) is 28.5 Å². The molecule has 1 N–H and O–H groups in total. The number of nitrogens with zero attached hydrogens (tertiary/aromatic N) is 4. The average molecular weight is 300 g/mol. The summed E-state index contributed by atoms with van der Waals surface area (Å²) in [6, 6.07) is 1.71. The Kier molecular flexibility index (Phi) is 4.99. The molecule has 0 bridgehead atoms. The van der Waals surface area contributed by atoms with Crippen molar-refractivity contribution in [1.82, 2.24) is 19.6 Å². The average Bonchev–Trinajstić information content (AvgIpc) is 2.83. The quantitative estimate of drug-likeness (QED) is 0.809. The van der Waals surface area contributed by atoms with Crippen molar-refractivity contribution in [2.24, 2.45) is 0 Å². The Bertz CT molecular complexity index is 536. The highest BCUT2D eigenvalue weighted by Crippen LogP contribution is 2.17. The molecule has 0 aliphatic rings. The Hall–Kier alpha value is -1.80. The van der Waals surface area contributed by atoms with E-state index in [1.54, 1.807) is 18.5 Å². The van der Waals surface area contributed by atoms with Gasteiger partial charge in [0.05, 0.1) is 6.42 Å². The van der Waals surface area contributed by atoms with Crippen LogP contribution in [0.15, 0.2) is 18.5 Å². The molecular formula is C10H10ClN5O2S. The lowest BCUT2D eigenvalue weighted by Gasteiger charge is -2.04. The number of hydrogen-bond donors (Lipinski definition) is 1. The van der Waals surface area contributed by atoms with Crippen LogP contribution >= 0.6 is 23.1 Å². The van der Waals surface area contributed by atoms with Crippen LogP contribution in [0.5, 0.6) is 0 Å². The third kappa shape index (κ3) is 4.42. The molecule has 0 radical (unpaired) electrons. The minimum Gasteiger partial charge on any atom is -0.459 e. The van der Waals surface area contributed by atoms with Crippen LogP contribution in [0.25, 0.3) is 0 Å². The number of hydrogen-bond acceptors (Lipinski definition) is 8. The maximum absolute atomic E-state index is 11.4. The smallest absolute Gasteiger partial charge is 0.307 e. The lowest BCUT2D eigenvalue weighted by atomic mass is 10.4. The standard InChI is InChI=1S/C10H10ClN5O2S/c11-9-7(15-16-19-9)6-18-8(17)2-5-14-10-12-3-1-4-13-10/h1,3-4H,2,5-6H2,(H,12,13,14). The predicted octanol–water partition coefficient (Wildman–Crippen LogP) is 1.53. The van der Waals surface area contributed by atoms with Gasteiger partial charge in [0.15, 0.2) is 0 Å². The van der Waals surface area contributed by atoms with E-state index in [0.717, 1.165) is 11.5 Å². The van der Waals surface area contributed by atoms with Crippen molar-refractivity contribution in [1.29, 1.82) is 0 Å². The summed E-state index contributed by atoms with van der Waals surface area (Å²) in [4.78, 5) is 19.4. The molecular weight excluding hydrogens is 290 g/mol. The lowest BCUT2D eigenvalue weighted by molar-refractivity contribution is -0.144. The van der Waals surface area contributed by atoms with Crippen molar-refractivity contribution in [2.75, 3.05) is 11.9 Å². The van der Waals surface area contributed by atoms with Crippen LogP contribution in [0.1, 0.15) is 12.1 Å². The van der Waals surface area contributed by atoms with E-state index < -0.39 is 0 Å². The maximum Gasteiger partial charge on any atom is 0.307 e. The highest BCUT2D eigenvalue weighted by atomic mass is 35.5. The molecule has 0 saturated carbocycles. The summed E-state index contributed by atoms with van der Waals surface area (Å²) in [5.41, 5.74) is 0.472. The second-order valence-electron chi connectivity index (χ2n) is 3.40. The molecule has 2 rings (SSSR count). The largest absolute Gasteiger partial charge is 0.459 e. The SMILES string of the molecule is O=C(CCNc1ncccn1)OCc1nnsc1Cl. The number of nitrogens with one attached hydrogen (secondary N) is 1. The van der Waals surface area contributed by atoms with Gasteiger partial charge in [-0.25, -0.2) is 9.97 Å². The second kappa shape index (κ2) is 6.95. The fourth-order valence-corrected chi connectivity index (χ4v) is 1.77. The number of carbonyl (C=O) groups excluding carboxylic acids is 1. The topological polar surface area (TPSA) is 89.9 Å². The van der Waals surface area contributed by atoms with E-state index in [2.05, 4.69) is 24.9 Å². The normalized spacial score (nSPS) is 10.2. The van der Waals surface area contributed by atoms with Crippen LogP contribution in [0.3, 0.4) is 0 Å². The van der Waals surface area contributed by atoms with Crippen LogP contribution in [-0.2, 0) is 16.1 Å². The molecule has 0 saturated heterocycles. The second-order valence-corrected chi connectivity index (χ2v) is 4.76. The van der Waals surface area contributed by atoms with E-state index in [4.69, 9.17) is 16.3 Å². The van der Waals surface area contributed by atoms with E-state index >= 15 is 0 Å². The molecule has 0 aromatic carbocycles. The zero-order valence-corrected chi connectivity index (χ0v) is 11.3. The summed E-state index contributed by atoms with van der Waals surface area (Å²) in [5.74, 6) is 0.120. The van der Waals surface area contributed by atoms with E-state index in [-0.39, 0.29) is 19.0 Å². The number of aromatic nitrogens is 4. The van der Waals surface area contributed by atoms with E-state index in [9.17, 15) is 4.79 Å². The van der Waals surface area contributed by atoms with Gasteiger partial charge in [0.1, 0.15) is 16.6 Å². The number of esters is 1. The summed E-state index contributed by atoms with van der Waals surface area (Å²) in [6.07, 6.45) is 3.43. The molecule has 9 heteroatoms.